The first-order valence-electron chi connectivity index (χ1n) is 10.9. The first-order chi connectivity index (χ1) is 14.4. The van der Waals surface area contributed by atoms with Gasteiger partial charge in [-0.3, -0.25) is 4.79 Å². The third-order valence-electron chi connectivity index (χ3n) is 6.22. The summed E-state index contributed by atoms with van der Waals surface area (Å²) in [6, 6.07) is 15.4. The van der Waals surface area contributed by atoms with Crippen molar-refractivity contribution < 1.29 is 18.8 Å². The van der Waals surface area contributed by atoms with E-state index < -0.39 is 0 Å². The average Bonchev–Trinajstić information content (AvgIpc) is 3.19. The Balaban J connectivity index is 1.72. The molecule has 0 spiro atoms. The third kappa shape index (κ3) is 5.08. The maximum absolute atomic E-state index is 13.3. The van der Waals surface area contributed by atoms with Crippen LogP contribution in [0.5, 0.6) is 0 Å². The van der Waals surface area contributed by atoms with E-state index in [1.807, 2.05) is 69.3 Å². The van der Waals surface area contributed by atoms with E-state index in [9.17, 15) is 9.59 Å². The minimum atomic E-state index is -0.268. The van der Waals surface area contributed by atoms with Crippen LogP contribution in [-0.4, -0.2) is 42.0 Å². The molecule has 1 unspecified atom stereocenters. The lowest BCUT2D eigenvalue weighted by Gasteiger charge is -2.39. The van der Waals surface area contributed by atoms with Gasteiger partial charge in [0.05, 0.1) is 13.1 Å². The predicted octanol–water partition coefficient (Wildman–Crippen LogP) is 4.37. The van der Waals surface area contributed by atoms with Crippen molar-refractivity contribution in [2.75, 3.05) is 25.0 Å². The van der Waals surface area contributed by atoms with E-state index in [1.165, 1.54) is 0 Å². The van der Waals surface area contributed by atoms with Gasteiger partial charge in [-0.2, -0.15) is 0 Å². The van der Waals surface area contributed by atoms with Crippen molar-refractivity contribution in [1.82, 2.24) is 0 Å². The zero-order chi connectivity index (χ0) is 21.6. The Morgan fingerprint density at radius 1 is 1.00 bits per heavy atom. The van der Waals surface area contributed by atoms with Crippen molar-refractivity contribution in [3.05, 3.63) is 65.2 Å². The van der Waals surface area contributed by atoms with Crippen molar-refractivity contribution in [1.29, 1.82) is 0 Å². The molecule has 1 fully saturated rings. The first kappa shape index (κ1) is 22.0. The second-order valence-corrected chi connectivity index (χ2v) is 8.36. The number of carbonyl (C=O) groups excluding carboxylic acids is 2. The number of aryl methyl sites for hydroxylation is 2. The minimum absolute atomic E-state index is 0.00680. The number of nitrogens with zero attached hydrogens (tertiary/aromatic N) is 1. The van der Waals surface area contributed by atoms with Gasteiger partial charge in [-0.15, -0.1) is 0 Å². The molecule has 1 aliphatic heterocycles. The normalized spacial score (nSPS) is 16.1. The number of esters is 1. The van der Waals surface area contributed by atoms with E-state index in [2.05, 4.69) is 5.32 Å². The summed E-state index contributed by atoms with van der Waals surface area (Å²) in [5, 5.41) is 3.16. The molecule has 1 aliphatic rings. The van der Waals surface area contributed by atoms with Gasteiger partial charge in [-0.1, -0.05) is 55.5 Å². The van der Waals surface area contributed by atoms with Gasteiger partial charge in [0.1, 0.15) is 6.61 Å². The van der Waals surface area contributed by atoms with E-state index in [-0.39, 0.29) is 31.1 Å². The van der Waals surface area contributed by atoms with E-state index in [4.69, 9.17) is 4.74 Å². The van der Waals surface area contributed by atoms with Crippen LogP contribution in [0.3, 0.4) is 0 Å². The number of anilines is 1. The third-order valence-corrected chi connectivity index (χ3v) is 6.22. The molecule has 160 valence electrons. The summed E-state index contributed by atoms with van der Waals surface area (Å²) < 4.78 is 6.05. The topological polar surface area (TPSA) is 55.4 Å². The summed E-state index contributed by atoms with van der Waals surface area (Å²) in [5.74, 6) is -0.244. The molecule has 5 heteroatoms. The fraction of sp³-hybridized carbons (Fsp3) is 0.440. The van der Waals surface area contributed by atoms with Crippen molar-refractivity contribution in [3.63, 3.8) is 0 Å². The summed E-state index contributed by atoms with van der Waals surface area (Å²) in [6.07, 6.45) is 2.74. The van der Waals surface area contributed by atoms with Crippen LogP contribution in [0.1, 0.15) is 42.9 Å². The maximum Gasteiger partial charge on any atom is 0.362 e. The van der Waals surface area contributed by atoms with Crippen LogP contribution in [0.4, 0.5) is 5.69 Å². The zero-order valence-electron chi connectivity index (χ0n) is 18.3. The predicted molar refractivity (Wildman–Crippen MR) is 119 cm³/mol. The van der Waals surface area contributed by atoms with Gasteiger partial charge in [-0.05, 0) is 30.5 Å². The minimum Gasteiger partial charge on any atom is -0.457 e. The van der Waals surface area contributed by atoms with Gasteiger partial charge in [-0.25, -0.2) is 4.79 Å². The van der Waals surface area contributed by atoms with Crippen LogP contribution in [0.2, 0.25) is 0 Å². The van der Waals surface area contributed by atoms with Crippen molar-refractivity contribution in [2.45, 2.75) is 52.7 Å². The molecule has 0 radical (unpaired) electrons. The molecule has 1 amide bonds. The van der Waals surface area contributed by atoms with E-state index >= 15 is 0 Å². The van der Waals surface area contributed by atoms with Gasteiger partial charge in [0.15, 0.2) is 12.6 Å². The standard InChI is InChI=1S/C25H32N2O3/c1-4-22(25(29)26-24-19(2)11-10-12-20(24)3)27(15-8-9-16-27)17-23(28)30-18-21-13-6-5-7-14-21/h5-7,10-14,22H,4,8-9,15-18H2,1-3H3/p+1. The van der Waals surface area contributed by atoms with Crippen LogP contribution in [0.25, 0.3) is 0 Å². The Labute approximate surface area is 179 Å². The van der Waals surface area contributed by atoms with Crippen molar-refractivity contribution in [3.8, 4) is 0 Å². The molecule has 1 atom stereocenters. The lowest BCUT2D eigenvalue weighted by molar-refractivity contribution is -0.924. The Morgan fingerprint density at radius 3 is 2.23 bits per heavy atom. The molecule has 0 aromatic heterocycles. The van der Waals surface area contributed by atoms with Gasteiger partial charge in [0.2, 0.25) is 0 Å². The lowest BCUT2D eigenvalue weighted by atomic mass is 10.1. The number of amides is 1. The molecule has 1 N–H and O–H groups in total. The summed E-state index contributed by atoms with van der Waals surface area (Å²) in [6.45, 7) is 8.22. The smallest absolute Gasteiger partial charge is 0.362 e. The monoisotopic (exact) mass is 409 g/mol. The van der Waals surface area contributed by atoms with Gasteiger partial charge in [0, 0.05) is 24.9 Å². The van der Waals surface area contributed by atoms with Crippen LogP contribution < -0.4 is 5.32 Å². The molecular formula is C25H33N2O3+. The molecule has 2 aromatic carbocycles. The SMILES string of the molecule is CCC(C(=O)Nc1c(C)cccc1C)[N+]1(CC(=O)OCc2ccccc2)CCCC1. The number of rotatable bonds is 8. The maximum atomic E-state index is 13.3. The number of benzene rings is 2. The second-order valence-electron chi connectivity index (χ2n) is 8.36. The highest BCUT2D eigenvalue weighted by atomic mass is 16.5. The molecule has 1 heterocycles. The van der Waals surface area contributed by atoms with Crippen LogP contribution in [0, 0.1) is 13.8 Å². The number of para-hydroxylation sites is 1. The quantitative estimate of drug-likeness (QED) is 0.520. The molecule has 0 aliphatic carbocycles. The molecule has 0 bridgehead atoms. The Bertz CT molecular complexity index is 853. The fourth-order valence-corrected chi connectivity index (χ4v) is 4.63. The number of ether oxygens (including phenoxy) is 1. The van der Waals surface area contributed by atoms with Gasteiger partial charge < -0.3 is 14.5 Å². The Hall–Kier alpha value is -2.66. The second kappa shape index (κ2) is 9.90. The molecule has 1 saturated heterocycles. The molecule has 2 aromatic rings. The number of nitrogens with one attached hydrogen (secondary N) is 1. The molecular weight excluding hydrogens is 376 g/mol. The highest BCUT2D eigenvalue weighted by molar-refractivity contribution is 5.95. The number of likely N-dealkylation sites (tertiary alicyclic amines) is 1. The van der Waals surface area contributed by atoms with E-state index in [1.54, 1.807) is 0 Å². The number of hydrogen-bond acceptors (Lipinski definition) is 3. The van der Waals surface area contributed by atoms with Gasteiger partial charge in [0.25, 0.3) is 5.91 Å². The Morgan fingerprint density at radius 2 is 1.63 bits per heavy atom. The van der Waals surface area contributed by atoms with Gasteiger partial charge >= 0.3 is 5.97 Å². The summed E-state index contributed by atoms with van der Waals surface area (Å²) in [4.78, 5) is 26.0. The highest BCUT2D eigenvalue weighted by Crippen LogP contribution is 2.28. The van der Waals surface area contributed by atoms with Crippen molar-refractivity contribution in [2.24, 2.45) is 0 Å². The van der Waals surface area contributed by atoms with Crippen LogP contribution in [0.15, 0.2) is 48.5 Å². The average molecular weight is 410 g/mol. The van der Waals surface area contributed by atoms with Crippen LogP contribution >= 0.6 is 0 Å². The summed E-state index contributed by atoms with van der Waals surface area (Å²) >= 11 is 0. The largest absolute Gasteiger partial charge is 0.457 e. The van der Waals surface area contributed by atoms with Crippen molar-refractivity contribution >= 4 is 17.6 Å². The van der Waals surface area contributed by atoms with E-state index in [0.717, 1.165) is 48.3 Å². The van der Waals surface area contributed by atoms with E-state index in [0.29, 0.717) is 10.9 Å². The summed E-state index contributed by atoms with van der Waals surface area (Å²) in [7, 11) is 0. The molecule has 5 nitrogen and oxygen atoms in total. The van der Waals surface area contributed by atoms with Crippen LogP contribution in [-0.2, 0) is 20.9 Å². The highest BCUT2D eigenvalue weighted by Gasteiger charge is 2.45. The first-order valence-corrected chi connectivity index (χ1v) is 10.9. The Kier molecular flexibility index (Phi) is 7.27. The molecule has 3 rings (SSSR count). The molecule has 30 heavy (non-hydrogen) atoms. The zero-order valence-corrected chi connectivity index (χ0v) is 18.3. The number of hydrogen-bond donors (Lipinski definition) is 1. The lowest BCUT2D eigenvalue weighted by Crippen LogP contribution is -2.60. The number of carbonyl (C=O) groups is 2. The summed E-state index contributed by atoms with van der Waals surface area (Å²) in [5.41, 5.74) is 3.95. The fourth-order valence-electron chi connectivity index (χ4n) is 4.63. The molecule has 0 saturated carbocycles. The number of quaternary nitrogens is 1.